The number of ether oxygens (including phenoxy) is 1. The topological polar surface area (TPSA) is 78.5 Å². The smallest absolute Gasteiger partial charge is 0.259 e. The molecule has 0 spiro atoms. The van der Waals surface area contributed by atoms with Crippen molar-refractivity contribution in [3.05, 3.63) is 50.9 Å². The number of methoxy groups -OCH3 is 1. The molecule has 3 heterocycles. The highest BCUT2D eigenvalue weighted by Gasteiger charge is 2.32. The van der Waals surface area contributed by atoms with Gasteiger partial charge in [-0.2, -0.15) is 0 Å². The minimum absolute atomic E-state index is 0.0559. The molecular weight excluding hydrogens is 472 g/mol. The van der Waals surface area contributed by atoms with Crippen LogP contribution in [0.1, 0.15) is 49.9 Å². The number of carbonyl (C=O) groups excluding carboxylic acids is 1. The minimum atomic E-state index is -0.0559. The summed E-state index contributed by atoms with van der Waals surface area (Å²) in [6.45, 7) is 9.78. The third-order valence-electron chi connectivity index (χ3n) is 7.83. The van der Waals surface area contributed by atoms with E-state index in [-0.39, 0.29) is 16.9 Å². The van der Waals surface area contributed by atoms with E-state index in [1.807, 2.05) is 23.1 Å². The lowest BCUT2D eigenvalue weighted by atomic mass is 9.72. The molecule has 0 unspecified atom stereocenters. The second kappa shape index (κ2) is 9.88. The van der Waals surface area contributed by atoms with Crippen molar-refractivity contribution >= 4 is 33.1 Å². The molecule has 2 aromatic heterocycles. The largest absolute Gasteiger partial charge is 0.495 e. The molecule has 1 saturated heterocycles. The van der Waals surface area contributed by atoms with Gasteiger partial charge in [0.25, 0.3) is 5.56 Å². The maximum atomic E-state index is 13.0. The molecular formula is C28H36N4O3S. The lowest BCUT2D eigenvalue weighted by Gasteiger charge is -2.36. The van der Waals surface area contributed by atoms with Gasteiger partial charge in [0.05, 0.1) is 18.2 Å². The zero-order chi connectivity index (χ0) is 25.4. The van der Waals surface area contributed by atoms with Crippen molar-refractivity contribution in [1.29, 1.82) is 0 Å². The van der Waals surface area contributed by atoms with Crippen LogP contribution in [0.3, 0.4) is 0 Å². The molecule has 8 heteroatoms. The lowest BCUT2D eigenvalue weighted by molar-refractivity contribution is -0.131. The van der Waals surface area contributed by atoms with Gasteiger partial charge in [0.2, 0.25) is 5.91 Å². The maximum absolute atomic E-state index is 13.0. The van der Waals surface area contributed by atoms with Crippen LogP contribution in [0.15, 0.2) is 29.1 Å². The van der Waals surface area contributed by atoms with Gasteiger partial charge in [0.1, 0.15) is 16.4 Å². The summed E-state index contributed by atoms with van der Waals surface area (Å²) < 4.78 is 5.49. The second-order valence-electron chi connectivity index (χ2n) is 11.0. The van der Waals surface area contributed by atoms with E-state index in [1.165, 1.54) is 10.4 Å². The van der Waals surface area contributed by atoms with Crippen LogP contribution in [0.2, 0.25) is 0 Å². The molecule has 1 aromatic carbocycles. The predicted molar refractivity (Wildman–Crippen MR) is 145 cm³/mol. The number of anilines is 1. The van der Waals surface area contributed by atoms with Gasteiger partial charge < -0.3 is 19.5 Å². The number of hydrogen-bond donors (Lipinski definition) is 1. The lowest BCUT2D eigenvalue weighted by Crippen LogP contribution is -2.49. The Balaban J connectivity index is 1.22. The highest BCUT2D eigenvalue weighted by atomic mass is 32.1. The van der Waals surface area contributed by atoms with Gasteiger partial charge >= 0.3 is 0 Å². The quantitative estimate of drug-likeness (QED) is 0.552. The zero-order valence-electron chi connectivity index (χ0n) is 21.7. The molecule has 1 N–H and O–H groups in total. The van der Waals surface area contributed by atoms with Gasteiger partial charge in [-0.05, 0) is 48.3 Å². The summed E-state index contributed by atoms with van der Waals surface area (Å²) in [5, 5.41) is 0.768. The summed E-state index contributed by atoms with van der Waals surface area (Å²) >= 11 is 1.67. The molecule has 0 bridgehead atoms. The van der Waals surface area contributed by atoms with E-state index in [2.05, 4.69) is 36.7 Å². The monoisotopic (exact) mass is 508 g/mol. The third-order valence-corrected chi connectivity index (χ3v) is 8.97. The molecule has 1 fully saturated rings. The number of fused-ring (bicyclic) bond motifs is 3. The number of benzene rings is 1. The van der Waals surface area contributed by atoms with E-state index in [0.29, 0.717) is 37.7 Å². The number of aromatic amines is 1. The van der Waals surface area contributed by atoms with Crippen LogP contribution in [-0.2, 0) is 24.1 Å². The van der Waals surface area contributed by atoms with Crippen molar-refractivity contribution in [2.24, 2.45) is 11.3 Å². The number of H-pyrrole nitrogens is 1. The van der Waals surface area contributed by atoms with Gasteiger partial charge in [-0.15, -0.1) is 11.3 Å². The first-order valence-electron chi connectivity index (χ1n) is 12.9. The molecule has 0 radical (unpaired) electrons. The van der Waals surface area contributed by atoms with Crippen LogP contribution < -0.4 is 15.2 Å². The van der Waals surface area contributed by atoms with E-state index < -0.39 is 0 Å². The van der Waals surface area contributed by atoms with Crippen LogP contribution in [0.5, 0.6) is 5.75 Å². The standard InChI is InChI=1S/C28H36N4O3S/c1-28(2,3)18-9-10-19-22(17-18)36-27-25(19)26(34)29-23(30-27)11-12-24(33)32-15-13-31(14-16-32)20-7-5-6-8-21(20)35-4/h5-8,18H,9-17H2,1-4H3,(H,29,30,34)/t18-/m1/s1. The van der Waals surface area contributed by atoms with E-state index in [4.69, 9.17) is 9.72 Å². The van der Waals surface area contributed by atoms with Crippen LogP contribution >= 0.6 is 11.3 Å². The zero-order valence-corrected chi connectivity index (χ0v) is 22.5. The Kier molecular flexibility index (Phi) is 6.81. The van der Waals surface area contributed by atoms with Gasteiger partial charge in [0, 0.05) is 43.9 Å². The average Bonchev–Trinajstić information content (AvgIpc) is 3.25. The number of rotatable bonds is 5. The molecule has 7 nitrogen and oxygen atoms in total. The molecule has 5 rings (SSSR count). The van der Waals surface area contributed by atoms with Gasteiger partial charge in [0.15, 0.2) is 0 Å². The molecule has 192 valence electrons. The molecule has 1 atom stereocenters. The van der Waals surface area contributed by atoms with Crippen molar-refractivity contribution in [2.45, 2.75) is 52.9 Å². The van der Waals surface area contributed by atoms with Crippen molar-refractivity contribution in [3.8, 4) is 5.75 Å². The summed E-state index contributed by atoms with van der Waals surface area (Å²) in [5.41, 5.74) is 2.46. The average molecular weight is 509 g/mol. The number of carbonyl (C=O) groups is 1. The second-order valence-corrected chi connectivity index (χ2v) is 12.1. The Morgan fingerprint density at radius 2 is 1.94 bits per heavy atom. The number of aryl methyl sites for hydroxylation is 2. The van der Waals surface area contributed by atoms with Crippen molar-refractivity contribution in [1.82, 2.24) is 14.9 Å². The highest BCUT2D eigenvalue weighted by Crippen LogP contribution is 2.42. The van der Waals surface area contributed by atoms with Crippen LogP contribution in [-0.4, -0.2) is 54.1 Å². The number of nitrogens with one attached hydrogen (secondary N) is 1. The fourth-order valence-corrected chi connectivity index (χ4v) is 6.88. The summed E-state index contributed by atoms with van der Waals surface area (Å²) in [5.74, 6) is 2.19. The van der Waals surface area contributed by atoms with Crippen molar-refractivity contribution < 1.29 is 9.53 Å². The van der Waals surface area contributed by atoms with Crippen molar-refractivity contribution in [3.63, 3.8) is 0 Å². The summed E-state index contributed by atoms with van der Waals surface area (Å²) in [6, 6.07) is 7.99. The number of amides is 1. The molecule has 1 amide bonds. The first-order chi connectivity index (χ1) is 17.2. The maximum Gasteiger partial charge on any atom is 0.259 e. The first-order valence-corrected chi connectivity index (χ1v) is 13.8. The van der Waals surface area contributed by atoms with Gasteiger partial charge in [-0.1, -0.05) is 32.9 Å². The predicted octanol–water partition coefficient (Wildman–Crippen LogP) is 4.43. The Hall–Kier alpha value is -2.87. The minimum Gasteiger partial charge on any atom is -0.495 e. The number of aromatic nitrogens is 2. The fourth-order valence-electron chi connectivity index (χ4n) is 5.56. The van der Waals surface area contributed by atoms with E-state index in [9.17, 15) is 9.59 Å². The van der Waals surface area contributed by atoms with Crippen LogP contribution in [0.25, 0.3) is 10.2 Å². The van der Waals surface area contributed by atoms with Gasteiger partial charge in [-0.25, -0.2) is 4.98 Å². The summed E-state index contributed by atoms with van der Waals surface area (Å²) in [4.78, 5) is 40.0. The molecule has 1 aliphatic carbocycles. The summed E-state index contributed by atoms with van der Waals surface area (Å²) in [6.07, 6.45) is 3.88. The SMILES string of the molecule is COc1ccccc1N1CCN(C(=O)CCc2nc3sc4c(c3c(=O)[nH]2)CC[C@@H](C(C)(C)C)C4)CC1. The first kappa shape index (κ1) is 24.8. The van der Waals surface area contributed by atoms with Crippen molar-refractivity contribution in [2.75, 3.05) is 38.2 Å². The normalized spacial score (nSPS) is 18.4. The molecule has 0 saturated carbocycles. The molecule has 1 aliphatic heterocycles. The summed E-state index contributed by atoms with van der Waals surface area (Å²) in [7, 11) is 1.68. The number of hydrogen-bond acceptors (Lipinski definition) is 6. The number of piperazine rings is 1. The Morgan fingerprint density at radius 3 is 2.67 bits per heavy atom. The van der Waals surface area contributed by atoms with E-state index in [0.717, 1.165) is 54.0 Å². The number of para-hydroxylation sites is 2. The van der Waals surface area contributed by atoms with E-state index in [1.54, 1.807) is 18.4 Å². The van der Waals surface area contributed by atoms with E-state index >= 15 is 0 Å². The number of nitrogens with zero attached hydrogens (tertiary/aromatic N) is 3. The highest BCUT2D eigenvalue weighted by molar-refractivity contribution is 7.18. The van der Waals surface area contributed by atoms with Gasteiger partial charge in [-0.3, -0.25) is 9.59 Å². The van der Waals surface area contributed by atoms with Crippen LogP contribution in [0, 0.1) is 11.3 Å². The fraction of sp³-hybridized carbons (Fsp3) is 0.536. The Morgan fingerprint density at radius 1 is 1.19 bits per heavy atom. The molecule has 36 heavy (non-hydrogen) atoms. The molecule has 2 aliphatic rings. The van der Waals surface area contributed by atoms with Crippen LogP contribution in [0.4, 0.5) is 5.69 Å². The third kappa shape index (κ3) is 4.88. The number of thiophene rings is 1. The molecule has 3 aromatic rings. The Labute approximate surface area is 216 Å². The Bertz CT molecular complexity index is 1310.